The highest BCUT2D eigenvalue weighted by Gasteiger charge is 2.29. The lowest BCUT2D eigenvalue weighted by molar-refractivity contribution is 0.134. The number of rotatable bonds is 4. The average molecular weight is 471 g/mol. The molecule has 8 nitrogen and oxygen atoms in total. The minimum atomic E-state index is -3.64. The Balaban J connectivity index is 1.53. The van der Waals surface area contributed by atoms with E-state index in [4.69, 9.17) is 32.7 Å². The van der Waals surface area contributed by atoms with Crippen LogP contribution in [0.3, 0.4) is 0 Å². The molecule has 0 spiro atoms. The van der Waals surface area contributed by atoms with Gasteiger partial charge in [0.05, 0.1) is 15.6 Å². The van der Waals surface area contributed by atoms with Crippen LogP contribution in [0.5, 0.6) is 5.95 Å². The van der Waals surface area contributed by atoms with E-state index in [1.54, 1.807) is 24.3 Å². The van der Waals surface area contributed by atoms with E-state index in [0.29, 0.717) is 39.8 Å². The molecule has 0 atom stereocenters. The molecule has 0 aliphatic carbocycles. The highest BCUT2D eigenvalue weighted by molar-refractivity contribution is 7.89. The van der Waals surface area contributed by atoms with Crippen molar-refractivity contribution in [3.05, 3.63) is 52.5 Å². The number of carbonyl (C=O) groups is 1. The molecule has 2 heterocycles. The van der Waals surface area contributed by atoms with Crippen LogP contribution in [-0.2, 0) is 10.0 Å². The first-order chi connectivity index (χ1) is 14.3. The summed E-state index contributed by atoms with van der Waals surface area (Å²) in [6.07, 6.45) is -1.48. The molecule has 0 amide bonds. The van der Waals surface area contributed by atoms with Gasteiger partial charge in [-0.2, -0.15) is 4.31 Å². The van der Waals surface area contributed by atoms with Crippen molar-refractivity contribution in [3.8, 4) is 5.95 Å². The standard InChI is InChI=1S/C19H16Cl2N2O6S/c20-12-2-1-3-13(10-12)30(26,27)23-8-6-22(7-9-23)15-4-5-16-14(18(15)21)11-17(28-16)29-19(24)25/h1-5,10-11H,6-9H2,(H,24,25). The molecule has 1 fully saturated rings. The SMILES string of the molecule is O=C(O)Oc1cc2c(Cl)c(N3CCN(S(=O)(=O)c4cccc(Cl)c4)CC3)ccc2o1. The number of piperazine rings is 1. The van der Waals surface area contributed by atoms with Gasteiger partial charge in [-0.05, 0) is 30.3 Å². The predicted molar refractivity (Wildman–Crippen MR) is 112 cm³/mol. The lowest BCUT2D eigenvalue weighted by Crippen LogP contribution is -2.48. The van der Waals surface area contributed by atoms with E-state index in [0.717, 1.165) is 0 Å². The molecular weight excluding hydrogens is 455 g/mol. The third-order valence-corrected chi connectivity index (χ3v) is 7.32. The van der Waals surface area contributed by atoms with Crippen molar-refractivity contribution in [3.63, 3.8) is 0 Å². The van der Waals surface area contributed by atoms with E-state index in [1.165, 1.54) is 22.5 Å². The van der Waals surface area contributed by atoms with Crippen LogP contribution in [0.15, 0.2) is 51.8 Å². The normalized spacial score (nSPS) is 15.5. The second-order valence-corrected chi connectivity index (χ2v) is 9.34. The lowest BCUT2D eigenvalue weighted by Gasteiger charge is -2.35. The Hall–Kier alpha value is -2.46. The van der Waals surface area contributed by atoms with Gasteiger partial charge >= 0.3 is 6.16 Å². The van der Waals surface area contributed by atoms with Gasteiger partial charge in [0.15, 0.2) is 0 Å². The largest absolute Gasteiger partial charge is 0.513 e. The average Bonchev–Trinajstić information content (AvgIpc) is 3.11. The molecule has 1 saturated heterocycles. The summed E-state index contributed by atoms with van der Waals surface area (Å²) < 4.78 is 37.0. The number of carboxylic acid groups (broad SMARTS) is 1. The van der Waals surface area contributed by atoms with Gasteiger partial charge in [-0.1, -0.05) is 29.3 Å². The molecule has 1 aliphatic heterocycles. The van der Waals surface area contributed by atoms with Crippen LogP contribution in [0.1, 0.15) is 0 Å². The Morgan fingerprint density at radius 3 is 2.47 bits per heavy atom. The number of sulfonamides is 1. The molecule has 0 unspecified atom stereocenters. The first-order valence-electron chi connectivity index (χ1n) is 8.89. The Labute approximate surface area is 182 Å². The van der Waals surface area contributed by atoms with E-state index in [2.05, 4.69) is 4.74 Å². The quantitative estimate of drug-likeness (QED) is 0.566. The first-order valence-corrected chi connectivity index (χ1v) is 11.1. The number of ether oxygens (including phenoxy) is 1. The number of halogens is 2. The summed E-state index contributed by atoms with van der Waals surface area (Å²) in [5.74, 6) is -0.172. The van der Waals surface area contributed by atoms with Crippen molar-refractivity contribution in [1.29, 1.82) is 0 Å². The van der Waals surface area contributed by atoms with Crippen molar-refractivity contribution in [2.45, 2.75) is 4.90 Å². The van der Waals surface area contributed by atoms with Crippen molar-refractivity contribution in [1.82, 2.24) is 4.31 Å². The minimum absolute atomic E-state index is 0.159. The van der Waals surface area contributed by atoms with E-state index in [-0.39, 0.29) is 23.9 Å². The van der Waals surface area contributed by atoms with Crippen LogP contribution in [-0.4, -0.2) is 50.2 Å². The fourth-order valence-electron chi connectivity index (χ4n) is 3.37. The minimum Gasteiger partial charge on any atom is -0.449 e. The molecule has 158 valence electrons. The highest BCUT2D eigenvalue weighted by atomic mass is 35.5. The monoisotopic (exact) mass is 470 g/mol. The van der Waals surface area contributed by atoms with Gasteiger partial charge < -0.3 is 19.2 Å². The second-order valence-electron chi connectivity index (χ2n) is 6.59. The number of furan rings is 1. The number of anilines is 1. The van der Waals surface area contributed by atoms with Gasteiger partial charge in [0, 0.05) is 42.7 Å². The topological polar surface area (TPSA) is 100 Å². The predicted octanol–water partition coefficient (Wildman–Crippen LogP) is 4.31. The Morgan fingerprint density at radius 2 is 1.80 bits per heavy atom. The summed E-state index contributed by atoms with van der Waals surface area (Å²) in [5.41, 5.74) is 1.09. The zero-order chi connectivity index (χ0) is 21.5. The van der Waals surface area contributed by atoms with Crippen LogP contribution in [0.4, 0.5) is 10.5 Å². The van der Waals surface area contributed by atoms with Crippen molar-refractivity contribution in [2.75, 3.05) is 31.1 Å². The summed E-state index contributed by atoms with van der Waals surface area (Å²) in [4.78, 5) is 12.8. The maximum absolute atomic E-state index is 12.9. The summed E-state index contributed by atoms with van der Waals surface area (Å²) >= 11 is 12.4. The Morgan fingerprint density at radius 1 is 1.07 bits per heavy atom. The number of hydrogen-bond donors (Lipinski definition) is 1. The summed E-state index contributed by atoms with van der Waals surface area (Å²) in [6, 6.07) is 11.0. The molecule has 1 aliphatic rings. The van der Waals surface area contributed by atoms with Crippen molar-refractivity contribution >= 4 is 56.0 Å². The van der Waals surface area contributed by atoms with Crippen molar-refractivity contribution in [2.24, 2.45) is 0 Å². The van der Waals surface area contributed by atoms with Crippen LogP contribution < -0.4 is 9.64 Å². The molecule has 11 heteroatoms. The highest BCUT2D eigenvalue weighted by Crippen LogP contribution is 2.38. The van der Waals surface area contributed by atoms with Gasteiger partial charge in [0.25, 0.3) is 5.95 Å². The maximum atomic E-state index is 12.9. The van der Waals surface area contributed by atoms with Crippen LogP contribution in [0.25, 0.3) is 11.0 Å². The fourth-order valence-corrected chi connectivity index (χ4v) is 5.42. The smallest absolute Gasteiger partial charge is 0.449 e. The molecule has 1 N–H and O–H groups in total. The number of nitrogens with zero attached hydrogens (tertiary/aromatic N) is 2. The Kier molecular flexibility index (Phi) is 5.54. The van der Waals surface area contributed by atoms with Gasteiger partial charge in [0.2, 0.25) is 10.0 Å². The zero-order valence-electron chi connectivity index (χ0n) is 15.4. The zero-order valence-corrected chi connectivity index (χ0v) is 17.7. The second kappa shape index (κ2) is 7.99. The molecule has 3 aromatic rings. The number of hydrogen-bond acceptors (Lipinski definition) is 6. The first kappa shape index (κ1) is 20.8. The van der Waals surface area contributed by atoms with E-state index in [1.807, 2.05) is 4.90 Å². The van der Waals surface area contributed by atoms with Gasteiger partial charge in [0.1, 0.15) is 5.58 Å². The molecule has 0 saturated carbocycles. The van der Waals surface area contributed by atoms with Crippen molar-refractivity contribution < 1.29 is 27.5 Å². The third-order valence-electron chi connectivity index (χ3n) is 4.79. The number of benzene rings is 2. The lowest BCUT2D eigenvalue weighted by atomic mass is 10.2. The molecule has 4 rings (SSSR count). The molecule has 0 bridgehead atoms. The summed E-state index contributed by atoms with van der Waals surface area (Å²) in [7, 11) is -3.64. The fraction of sp³-hybridized carbons (Fsp3) is 0.211. The maximum Gasteiger partial charge on any atom is 0.513 e. The van der Waals surface area contributed by atoms with Crippen LogP contribution >= 0.6 is 23.2 Å². The van der Waals surface area contributed by atoms with E-state index < -0.39 is 16.2 Å². The molecule has 0 radical (unpaired) electrons. The number of fused-ring (bicyclic) bond motifs is 1. The molecular formula is C19H16Cl2N2O6S. The van der Waals surface area contributed by atoms with Gasteiger partial charge in [-0.25, -0.2) is 13.2 Å². The van der Waals surface area contributed by atoms with Gasteiger partial charge in [-0.15, -0.1) is 0 Å². The van der Waals surface area contributed by atoms with E-state index in [9.17, 15) is 13.2 Å². The summed E-state index contributed by atoms with van der Waals surface area (Å²) in [6.45, 7) is 1.42. The molecule has 2 aromatic carbocycles. The molecule has 1 aromatic heterocycles. The van der Waals surface area contributed by atoms with Gasteiger partial charge in [-0.3, -0.25) is 0 Å². The summed E-state index contributed by atoms with van der Waals surface area (Å²) in [5, 5.41) is 9.98. The van der Waals surface area contributed by atoms with Crippen LogP contribution in [0.2, 0.25) is 10.0 Å². The Bertz CT molecular complexity index is 1220. The third kappa shape index (κ3) is 3.93. The van der Waals surface area contributed by atoms with E-state index >= 15 is 0 Å². The van der Waals surface area contributed by atoms with Crippen LogP contribution in [0, 0.1) is 0 Å². The molecule has 30 heavy (non-hydrogen) atoms.